The van der Waals surface area contributed by atoms with Crippen LogP contribution in [0.1, 0.15) is 18.9 Å². The molecular weight excluding hydrogens is 491 g/mol. The number of hydrogen-bond acceptors (Lipinski definition) is 6. The lowest BCUT2D eigenvalue weighted by molar-refractivity contribution is -0.139. The predicted octanol–water partition coefficient (Wildman–Crippen LogP) is 1.52. The van der Waals surface area contributed by atoms with Gasteiger partial charge in [0.1, 0.15) is 23.7 Å². The van der Waals surface area contributed by atoms with Gasteiger partial charge in [-0.2, -0.15) is 4.31 Å². The standard InChI is InChI=1S/C24H27FN4O6S/c1-3-24(17-7-9-19(35-2)10-8-17)22(31)29(23(32)26-24)16-21(30)27-11-13-28(14-12-27)36(33,34)20-6-4-5-18(25)15-20/h4-10,15H,3,11-14,16H2,1-2H3,(H,26,32)/t24-/m0/s1. The van der Waals surface area contributed by atoms with Crippen LogP contribution in [0.25, 0.3) is 0 Å². The molecule has 1 N–H and O–H groups in total. The summed E-state index contributed by atoms with van der Waals surface area (Å²) >= 11 is 0. The third-order valence-corrected chi connectivity index (χ3v) is 8.50. The van der Waals surface area contributed by atoms with E-state index in [4.69, 9.17) is 4.74 Å². The number of nitrogens with one attached hydrogen (secondary N) is 1. The van der Waals surface area contributed by atoms with Crippen LogP contribution < -0.4 is 10.1 Å². The number of ether oxygens (including phenoxy) is 1. The van der Waals surface area contributed by atoms with Crippen molar-refractivity contribution in [1.82, 2.24) is 19.4 Å². The minimum atomic E-state index is -3.91. The fourth-order valence-electron chi connectivity index (χ4n) is 4.47. The number of hydrogen-bond donors (Lipinski definition) is 1. The Morgan fingerprint density at radius 1 is 1.08 bits per heavy atom. The number of rotatable bonds is 7. The summed E-state index contributed by atoms with van der Waals surface area (Å²) in [6.45, 7) is 1.49. The van der Waals surface area contributed by atoms with Gasteiger partial charge >= 0.3 is 6.03 Å². The second-order valence-electron chi connectivity index (χ2n) is 8.55. The highest BCUT2D eigenvalue weighted by molar-refractivity contribution is 7.89. The molecule has 2 fully saturated rings. The smallest absolute Gasteiger partial charge is 0.325 e. The van der Waals surface area contributed by atoms with Gasteiger partial charge in [0.25, 0.3) is 5.91 Å². The Bertz CT molecular complexity index is 1280. The van der Waals surface area contributed by atoms with Gasteiger partial charge in [0.05, 0.1) is 12.0 Å². The molecule has 2 heterocycles. The molecule has 12 heteroatoms. The highest BCUT2D eigenvalue weighted by Crippen LogP contribution is 2.33. The quantitative estimate of drug-likeness (QED) is 0.556. The van der Waals surface area contributed by atoms with Gasteiger partial charge in [-0.3, -0.25) is 14.5 Å². The molecule has 0 unspecified atom stereocenters. The summed E-state index contributed by atoms with van der Waals surface area (Å²) < 4.78 is 45.5. The Kier molecular flexibility index (Phi) is 7.01. The van der Waals surface area contributed by atoms with Gasteiger partial charge < -0.3 is 15.0 Å². The molecule has 0 saturated carbocycles. The molecule has 36 heavy (non-hydrogen) atoms. The summed E-state index contributed by atoms with van der Waals surface area (Å²) in [5, 5.41) is 2.74. The normalized spacial score (nSPS) is 21.0. The minimum absolute atomic E-state index is 0.00940. The average Bonchev–Trinajstić information content (AvgIpc) is 3.13. The molecule has 0 spiro atoms. The zero-order valence-corrected chi connectivity index (χ0v) is 20.8. The molecule has 0 aliphatic carbocycles. The molecule has 0 aromatic heterocycles. The molecule has 4 amide bonds. The van der Waals surface area contributed by atoms with Crippen molar-refractivity contribution in [3.63, 3.8) is 0 Å². The van der Waals surface area contributed by atoms with E-state index in [1.54, 1.807) is 31.2 Å². The van der Waals surface area contributed by atoms with E-state index in [0.29, 0.717) is 11.3 Å². The molecule has 2 aromatic carbocycles. The van der Waals surface area contributed by atoms with Gasteiger partial charge in [-0.05, 0) is 42.3 Å². The number of imide groups is 1. The first-order valence-electron chi connectivity index (χ1n) is 11.4. The maximum Gasteiger partial charge on any atom is 0.325 e. The number of carbonyl (C=O) groups is 3. The Morgan fingerprint density at radius 3 is 2.33 bits per heavy atom. The Morgan fingerprint density at radius 2 is 1.75 bits per heavy atom. The van der Waals surface area contributed by atoms with Crippen LogP contribution >= 0.6 is 0 Å². The van der Waals surface area contributed by atoms with E-state index in [1.807, 2.05) is 0 Å². The van der Waals surface area contributed by atoms with E-state index >= 15 is 0 Å². The Hall–Kier alpha value is -3.51. The van der Waals surface area contributed by atoms with E-state index in [2.05, 4.69) is 5.32 Å². The Labute approximate surface area is 208 Å². The van der Waals surface area contributed by atoms with Crippen molar-refractivity contribution in [2.24, 2.45) is 0 Å². The summed E-state index contributed by atoms with van der Waals surface area (Å²) in [5.74, 6) is -1.05. The van der Waals surface area contributed by atoms with Gasteiger partial charge in [0.2, 0.25) is 15.9 Å². The molecule has 0 bridgehead atoms. The van der Waals surface area contributed by atoms with Crippen molar-refractivity contribution in [2.75, 3.05) is 39.8 Å². The average molecular weight is 519 g/mol. The van der Waals surface area contributed by atoms with Crippen LogP contribution in [0.4, 0.5) is 9.18 Å². The number of nitrogens with zero attached hydrogens (tertiary/aromatic N) is 3. The third-order valence-electron chi connectivity index (χ3n) is 6.61. The van der Waals surface area contributed by atoms with Gasteiger partial charge in [0.15, 0.2) is 0 Å². The lowest BCUT2D eigenvalue weighted by atomic mass is 9.87. The van der Waals surface area contributed by atoms with Gasteiger partial charge in [-0.15, -0.1) is 0 Å². The van der Waals surface area contributed by atoms with E-state index < -0.39 is 45.8 Å². The first-order chi connectivity index (χ1) is 17.1. The van der Waals surface area contributed by atoms with Crippen LogP contribution in [0, 0.1) is 5.82 Å². The number of methoxy groups -OCH3 is 1. The number of halogens is 1. The third kappa shape index (κ3) is 4.53. The van der Waals surface area contributed by atoms with Crippen molar-refractivity contribution in [1.29, 1.82) is 0 Å². The van der Waals surface area contributed by atoms with Crippen LogP contribution in [0.3, 0.4) is 0 Å². The number of amides is 4. The van der Waals surface area contributed by atoms with Crippen LogP contribution in [0.5, 0.6) is 5.75 Å². The second-order valence-corrected chi connectivity index (χ2v) is 10.5. The number of sulfonamides is 1. The van der Waals surface area contributed by atoms with Gasteiger partial charge in [-0.25, -0.2) is 17.6 Å². The zero-order valence-electron chi connectivity index (χ0n) is 19.9. The number of carbonyl (C=O) groups excluding carboxylic acids is 3. The molecule has 10 nitrogen and oxygen atoms in total. The molecular formula is C24H27FN4O6S. The lowest BCUT2D eigenvalue weighted by Crippen LogP contribution is -2.53. The molecule has 192 valence electrons. The van der Waals surface area contributed by atoms with E-state index in [9.17, 15) is 27.2 Å². The lowest BCUT2D eigenvalue weighted by Gasteiger charge is -2.34. The van der Waals surface area contributed by atoms with E-state index in [0.717, 1.165) is 17.0 Å². The topological polar surface area (TPSA) is 116 Å². The molecule has 2 aromatic rings. The highest BCUT2D eigenvalue weighted by Gasteiger charge is 2.52. The summed E-state index contributed by atoms with van der Waals surface area (Å²) in [7, 11) is -2.39. The van der Waals surface area contributed by atoms with Crippen LogP contribution in [-0.4, -0.2) is 80.2 Å². The first kappa shape index (κ1) is 25.6. The minimum Gasteiger partial charge on any atom is -0.497 e. The largest absolute Gasteiger partial charge is 0.497 e. The summed E-state index contributed by atoms with van der Waals surface area (Å²) in [6.07, 6.45) is 0.283. The second kappa shape index (κ2) is 9.86. The molecule has 4 rings (SSSR count). The Balaban J connectivity index is 1.42. The van der Waals surface area contributed by atoms with E-state index in [1.165, 1.54) is 28.4 Å². The van der Waals surface area contributed by atoms with Crippen molar-refractivity contribution in [2.45, 2.75) is 23.8 Å². The maximum absolute atomic E-state index is 13.5. The van der Waals surface area contributed by atoms with Crippen LogP contribution in [0.15, 0.2) is 53.4 Å². The fourth-order valence-corrected chi connectivity index (χ4v) is 5.93. The monoisotopic (exact) mass is 518 g/mol. The molecule has 2 aliphatic heterocycles. The molecule has 2 aliphatic rings. The molecule has 2 saturated heterocycles. The van der Waals surface area contributed by atoms with Crippen molar-refractivity contribution >= 4 is 27.9 Å². The summed E-state index contributed by atoms with van der Waals surface area (Å²) in [6, 6.07) is 10.9. The molecule has 0 radical (unpaired) electrons. The predicted molar refractivity (Wildman–Crippen MR) is 127 cm³/mol. The fraction of sp³-hybridized carbons (Fsp3) is 0.375. The van der Waals surface area contributed by atoms with Crippen LogP contribution in [0.2, 0.25) is 0 Å². The van der Waals surface area contributed by atoms with Gasteiger partial charge in [-0.1, -0.05) is 25.1 Å². The van der Waals surface area contributed by atoms with Crippen molar-refractivity contribution in [3.05, 3.63) is 59.9 Å². The molecule has 1 atom stereocenters. The van der Waals surface area contributed by atoms with Crippen molar-refractivity contribution < 1.29 is 31.9 Å². The maximum atomic E-state index is 13.5. The van der Waals surface area contributed by atoms with E-state index in [-0.39, 0.29) is 37.5 Å². The number of urea groups is 1. The number of piperazine rings is 1. The van der Waals surface area contributed by atoms with Gasteiger partial charge in [0, 0.05) is 26.2 Å². The highest BCUT2D eigenvalue weighted by atomic mass is 32.2. The summed E-state index contributed by atoms with van der Waals surface area (Å²) in [4.78, 5) is 41.2. The zero-order chi connectivity index (χ0) is 26.1. The summed E-state index contributed by atoms with van der Waals surface area (Å²) in [5.41, 5.74) is -0.711. The first-order valence-corrected chi connectivity index (χ1v) is 12.9. The number of benzene rings is 2. The SMILES string of the molecule is CC[C@@]1(c2ccc(OC)cc2)NC(=O)N(CC(=O)N2CCN(S(=O)(=O)c3cccc(F)c3)CC2)C1=O. The van der Waals surface area contributed by atoms with Crippen LogP contribution in [-0.2, 0) is 25.2 Å². The van der Waals surface area contributed by atoms with Crippen molar-refractivity contribution in [3.8, 4) is 5.75 Å².